The van der Waals surface area contributed by atoms with E-state index < -0.39 is 29.2 Å². The van der Waals surface area contributed by atoms with Crippen LogP contribution in [0, 0.1) is 0 Å². The number of carbonyl (C=O) groups excluding carboxylic acids is 2. The molecule has 0 fully saturated rings. The number of rotatable bonds is 5. The van der Waals surface area contributed by atoms with Gasteiger partial charge in [0.1, 0.15) is 11.5 Å². The Morgan fingerprint density at radius 3 is 2.20 bits per heavy atom. The number of aryl methyl sites for hydroxylation is 1. The van der Waals surface area contributed by atoms with Crippen LogP contribution in [0.2, 0.25) is 0 Å². The van der Waals surface area contributed by atoms with Crippen molar-refractivity contribution in [2.45, 2.75) is 18.8 Å². The zero-order valence-electron chi connectivity index (χ0n) is 15.8. The molecule has 3 aromatic rings. The molecule has 150 valence electrons. The molecule has 0 heterocycles. The lowest BCUT2D eigenvalue weighted by Gasteiger charge is -2.22. The molecule has 0 aromatic heterocycles. The van der Waals surface area contributed by atoms with Crippen LogP contribution in [-0.4, -0.2) is 32.9 Å². The molecular formula is C24H18O6. The first kappa shape index (κ1) is 19.4. The van der Waals surface area contributed by atoms with E-state index in [9.17, 15) is 29.7 Å². The minimum absolute atomic E-state index is 0.00783. The van der Waals surface area contributed by atoms with Gasteiger partial charge in [-0.05, 0) is 30.5 Å². The number of carboxylic acids is 1. The van der Waals surface area contributed by atoms with Crippen LogP contribution in [-0.2, 0) is 11.2 Å². The number of phenols is 2. The van der Waals surface area contributed by atoms with Crippen LogP contribution in [0.4, 0.5) is 0 Å². The van der Waals surface area contributed by atoms with Crippen LogP contribution in [0.5, 0.6) is 11.5 Å². The maximum Gasteiger partial charge on any atom is 0.311 e. The van der Waals surface area contributed by atoms with Gasteiger partial charge in [0.15, 0.2) is 5.78 Å². The van der Waals surface area contributed by atoms with Crippen LogP contribution in [0.3, 0.4) is 0 Å². The molecule has 0 bridgehead atoms. The summed E-state index contributed by atoms with van der Waals surface area (Å²) in [6.07, 6.45) is 0.667. The molecule has 1 unspecified atom stereocenters. The van der Waals surface area contributed by atoms with Crippen molar-refractivity contribution in [2.75, 3.05) is 0 Å². The lowest BCUT2D eigenvalue weighted by Crippen LogP contribution is -2.22. The van der Waals surface area contributed by atoms with Gasteiger partial charge in [-0.2, -0.15) is 0 Å². The van der Waals surface area contributed by atoms with Gasteiger partial charge in [-0.3, -0.25) is 14.4 Å². The van der Waals surface area contributed by atoms with Crippen molar-refractivity contribution in [1.82, 2.24) is 0 Å². The number of hydrogen-bond acceptors (Lipinski definition) is 5. The highest BCUT2D eigenvalue weighted by atomic mass is 16.4. The molecule has 0 amide bonds. The fourth-order valence-corrected chi connectivity index (χ4v) is 3.91. The first-order valence-corrected chi connectivity index (χ1v) is 9.44. The highest BCUT2D eigenvalue weighted by Gasteiger charge is 2.36. The molecule has 3 aromatic carbocycles. The van der Waals surface area contributed by atoms with Gasteiger partial charge in [0.05, 0.1) is 17.0 Å². The molecular weight excluding hydrogens is 384 g/mol. The number of ketones is 2. The van der Waals surface area contributed by atoms with E-state index in [-0.39, 0.29) is 40.0 Å². The number of benzene rings is 3. The molecule has 3 N–H and O–H groups in total. The number of aromatic hydroxyl groups is 2. The topological polar surface area (TPSA) is 112 Å². The van der Waals surface area contributed by atoms with Gasteiger partial charge in [-0.25, -0.2) is 0 Å². The summed E-state index contributed by atoms with van der Waals surface area (Å²) in [5, 5.41) is 30.7. The maximum absolute atomic E-state index is 13.0. The van der Waals surface area contributed by atoms with E-state index in [1.165, 1.54) is 30.3 Å². The molecule has 30 heavy (non-hydrogen) atoms. The van der Waals surface area contributed by atoms with E-state index >= 15 is 0 Å². The van der Waals surface area contributed by atoms with E-state index in [1.54, 1.807) is 0 Å². The fraction of sp³-hybridized carbons (Fsp3) is 0.125. The van der Waals surface area contributed by atoms with E-state index in [2.05, 4.69) is 0 Å². The summed E-state index contributed by atoms with van der Waals surface area (Å²) < 4.78 is 0. The van der Waals surface area contributed by atoms with E-state index in [1.807, 2.05) is 30.3 Å². The first-order chi connectivity index (χ1) is 14.4. The number of phenolic OH excluding ortho intramolecular Hbond substituents is 2. The Kier molecular flexibility index (Phi) is 4.83. The highest BCUT2D eigenvalue weighted by Crippen LogP contribution is 2.40. The van der Waals surface area contributed by atoms with Crippen molar-refractivity contribution in [2.24, 2.45) is 0 Å². The average molecular weight is 402 g/mol. The Balaban J connectivity index is 1.76. The molecule has 0 aliphatic heterocycles. The lowest BCUT2D eigenvalue weighted by atomic mass is 9.80. The summed E-state index contributed by atoms with van der Waals surface area (Å²) >= 11 is 0. The normalized spacial score (nSPS) is 13.5. The summed E-state index contributed by atoms with van der Waals surface area (Å²) in [4.78, 5) is 37.7. The van der Waals surface area contributed by atoms with E-state index in [0.717, 1.165) is 5.56 Å². The van der Waals surface area contributed by atoms with E-state index in [0.29, 0.717) is 6.42 Å². The summed E-state index contributed by atoms with van der Waals surface area (Å²) in [6.45, 7) is 0. The number of aliphatic carboxylic acids is 1. The summed E-state index contributed by atoms with van der Waals surface area (Å²) in [5.41, 5.74) is 0.615. The minimum Gasteiger partial charge on any atom is -0.507 e. The van der Waals surface area contributed by atoms with Gasteiger partial charge >= 0.3 is 5.97 Å². The number of carbonyl (C=O) groups is 3. The summed E-state index contributed by atoms with van der Waals surface area (Å²) in [7, 11) is 0. The Hall–Kier alpha value is -3.93. The number of hydrogen-bond donors (Lipinski definition) is 3. The first-order valence-electron chi connectivity index (χ1n) is 9.44. The third kappa shape index (κ3) is 3.12. The van der Waals surface area contributed by atoms with Gasteiger partial charge in [0.2, 0.25) is 5.78 Å². The second-order valence-corrected chi connectivity index (χ2v) is 7.20. The average Bonchev–Trinajstić information content (AvgIpc) is 2.73. The van der Waals surface area contributed by atoms with Crippen LogP contribution >= 0.6 is 0 Å². The molecule has 0 saturated heterocycles. The van der Waals surface area contributed by atoms with Gasteiger partial charge in [-0.1, -0.05) is 48.5 Å². The van der Waals surface area contributed by atoms with Crippen LogP contribution in [0.25, 0.3) is 0 Å². The minimum atomic E-state index is -1.14. The predicted molar refractivity (Wildman–Crippen MR) is 108 cm³/mol. The van der Waals surface area contributed by atoms with E-state index in [4.69, 9.17) is 0 Å². The molecule has 1 aliphatic rings. The predicted octanol–water partition coefficient (Wildman–Crippen LogP) is 3.67. The second-order valence-electron chi connectivity index (χ2n) is 7.20. The Bertz CT molecular complexity index is 1180. The van der Waals surface area contributed by atoms with Crippen molar-refractivity contribution in [1.29, 1.82) is 0 Å². The largest absolute Gasteiger partial charge is 0.507 e. The van der Waals surface area contributed by atoms with Gasteiger partial charge in [0, 0.05) is 16.7 Å². The maximum atomic E-state index is 13.0. The molecule has 6 nitrogen and oxygen atoms in total. The Morgan fingerprint density at radius 2 is 1.50 bits per heavy atom. The zero-order valence-corrected chi connectivity index (χ0v) is 15.8. The van der Waals surface area contributed by atoms with Crippen molar-refractivity contribution < 1.29 is 29.7 Å². The molecule has 4 rings (SSSR count). The van der Waals surface area contributed by atoms with Gasteiger partial charge < -0.3 is 15.3 Å². The van der Waals surface area contributed by atoms with Crippen molar-refractivity contribution in [3.8, 4) is 11.5 Å². The molecule has 1 atom stereocenters. The highest BCUT2D eigenvalue weighted by molar-refractivity contribution is 6.30. The van der Waals surface area contributed by atoms with Gasteiger partial charge in [-0.15, -0.1) is 0 Å². The lowest BCUT2D eigenvalue weighted by molar-refractivity contribution is -0.139. The van der Waals surface area contributed by atoms with Gasteiger partial charge in [0.25, 0.3) is 0 Å². The molecule has 0 spiro atoms. The van der Waals surface area contributed by atoms with Crippen molar-refractivity contribution in [3.05, 3.63) is 94.0 Å². The molecule has 0 radical (unpaired) electrons. The zero-order chi connectivity index (χ0) is 21.4. The third-order valence-corrected chi connectivity index (χ3v) is 5.43. The van der Waals surface area contributed by atoms with Crippen LogP contribution < -0.4 is 0 Å². The molecule has 6 heteroatoms. The molecule has 1 aliphatic carbocycles. The second kappa shape index (κ2) is 7.48. The standard InChI is InChI=1S/C24H18O6/c25-18-8-4-7-16-19(18)23(28)20-17(21(16)26)12-11-14(22(20)27)15(24(29)30)10-9-13-5-2-1-3-6-13/h1-8,11-12,15,25,27H,9-10H2,(H,29,30). The van der Waals surface area contributed by atoms with Crippen molar-refractivity contribution in [3.63, 3.8) is 0 Å². The summed E-state index contributed by atoms with van der Waals surface area (Å²) in [5.74, 6) is -4.30. The van der Waals surface area contributed by atoms with Crippen molar-refractivity contribution >= 4 is 17.5 Å². The smallest absolute Gasteiger partial charge is 0.311 e. The quantitative estimate of drug-likeness (QED) is 0.470. The number of carboxylic acid groups (broad SMARTS) is 1. The van der Waals surface area contributed by atoms with Crippen LogP contribution in [0.1, 0.15) is 55.3 Å². The monoisotopic (exact) mass is 402 g/mol. The summed E-state index contributed by atoms with van der Waals surface area (Å²) in [6, 6.07) is 16.3. The fourth-order valence-electron chi connectivity index (χ4n) is 3.91. The third-order valence-electron chi connectivity index (χ3n) is 5.43. The molecule has 0 saturated carbocycles. The Labute approximate surface area is 172 Å². The van der Waals surface area contributed by atoms with Crippen LogP contribution in [0.15, 0.2) is 60.7 Å². The SMILES string of the molecule is O=C1c2cccc(O)c2C(=O)c2c1ccc(C(CCc1ccccc1)C(=O)O)c2O. The Morgan fingerprint density at radius 1 is 0.800 bits per heavy atom. The number of fused-ring (bicyclic) bond motifs is 2.